The van der Waals surface area contributed by atoms with Gasteiger partial charge in [-0.2, -0.15) is 0 Å². The summed E-state index contributed by atoms with van der Waals surface area (Å²) in [6.07, 6.45) is 1.71. The molecule has 1 aromatic heterocycles. The number of likely N-dealkylation sites (tertiary alicyclic amines) is 1. The second-order valence-corrected chi connectivity index (χ2v) is 6.87. The van der Waals surface area contributed by atoms with E-state index in [0.29, 0.717) is 24.6 Å². The molecule has 4 rings (SSSR count). The maximum Gasteiger partial charge on any atom is 0.251 e. The molecule has 5 nitrogen and oxygen atoms in total. The third-order valence-corrected chi connectivity index (χ3v) is 5.19. The van der Waals surface area contributed by atoms with Crippen molar-refractivity contribution in [1.82, 2.24) is 10.2 Å². The molecule has 0 bridgehead atoms. The minimum atomic E-state index is -0.0138. The lowest BCUT2D eigenvalue weighted by molar-refractivity contribution is 0.0902. The van der Waals surface area contributed by atoms with Crippen LogP contribution >= 0.6 is 0 Å². The van der Waals surface area contributed by atoms with Gasteiger partial charge in [0.15, 0.2) is 0 Å². The Morgan fingerprint density at radius 2 is 2.12 bits per heavy atom. The Balaban J connectivity index is 1.40. The van der Waals surface area contributed by atoms with Gasteiger partial charge >= 0.3 is 0 Å². The maximum absolute atomic E-state index is 12.3. The Morgan fingerprint density at radius 3 is 2.92 bits per heavy atom. The van der Waals surface area contributed by atoms with Crippen molar-refractivity contribution in [1.29, 1.82) is 0 Å². The van der Waals surface area contributed by atoms with E-state index in [1.54, 1.807) is 6.26 Å². The highest BCUT2D eigenvalue weighted by Gasteiger charge is 2.50. The highest BCUT2D eigenvalue weighted by molar-refractivity contribution is 5.94. The molecule has 1 N–H and O–H groups in total. The summed E-state index contributed by atoms with van der Waals surface area (Å²) in [6.45, 7) is 4.87. The molecule has 0 spiro atoms. The number of carbonyl (C=O) groups is 1. The van der Waals surface area contributed by atoms with Crippen LogP contribution in [0.15, 0.2) is 53.1 Å². The molecule has 2 atom stereocenters. The maximum atomic E-state index is 12.3. The Kier molecular flexibility index (Phi) is 4.12. The largest absolute Gasteiger partial charge is 0.468 e. The second-order valence-electron chi connectivity index (χ2n) is 6.87. The van der Waals surface area contributed by atoms with E-state index < -0.39 is 0 Å². The molecule has 3 heterocycles. The van der Waals surface area contributed by atoms with Gasteiger partial charge in [0.1, 0.15) is 5.76 Å². The fourth-order valence-corrected chi connectivity index (χ4v) is 3.88. The van der Waals surface area contributed by atoms with E-state index in [4.69, 9.17) is 9.15 Å². The first kappa shape index (κ1) is 15.4. The predicted molar refractivity (Wildman–Crippen MR) is 89.5 cm³/mol. The number of rotatable bonds is 5. The van der Waals surface area contributed by atoms with Crippen molar-refractivity contribution in [3.63, 3.8) is 0 Å². The van der Waals surface area contributed by atoms with Crippen molar-refractivity contribution < 1.29 is 13.9 Å². The third-order valence-electron chi connectivity index (χ3n) is 5.19. The molecule has 2 saturated heterocycles. The minimum Gasteiger partial charge on any atom is -0.468 e. The van der Waals surface area contributed by atoms with Gasteiger partial charge in [-0.05, 0) is 24.3 Å². The fraction of sp³-hybridized carbons (Fsp3) is 0.421. The molecule has 1 amide bonds. The van der Waals surface area contributed by atoms with E-state index in [2.05, 4.69) is 10.2 Å². The summed E-state index contributed by atoms with van der Waals surface area (Å²) in [5.41, 5.74) is 0.714. The zero-order valence-electron chi connectivity index (χ0n) is 13.6. The molecule has 2 aromatic rings. The molecule has 0 aliphatic carbocycles. The quantitative estimate of drug-likeness (QED) is 0.915. The first-order chi connectivity index (χ1) is 11.8. The van der Waals surface area contributed by atoms with Gasteiger partial charge in [-0.1, -0.05) is 18.2 Å². The number of hydrogen-bond acceptors (Lipinski definition) is 4. The van der Waals surface area contributed by atoms with Crippen molar-refractivity contribution >= 4 is 5.91 Å². The first-order valence-corrected chi connectivity index (χ1v) is 8.41. The van der Waals surface area contributed by atoms with E-state index in [1.807, 2.05) is 42.5 Å². The highest BCUT2D eigenvalue weighted by atomic mass is 16.5. The van der Waals surface area contributed by atoms with Crippen molar-refractivity contribution in [2.75, 3.05) is 32.8 Å². The van der Waals surface area contributed by atoms with Gasteiger partial charge in [-0.15, -0.1) is 0 Å². The zero-order chi connectivity index (χ0) is 16.4. The van der Waals surface area contributed by atoms with Crippen LogP contribution in [0.5, 0.6) is 0 Å². The van der Waals surface area contributed by atoms with Crippen LogP contribution in [-0.4, -0.2) is 43.7 Å². The van der Waals surface area contributed by atoms with Gasteiger partial charge in [0.25, 0.3) is 5.91 Å². The van der Waals surface area contributed by atoms with Gasteiger partial charge < -0.3 is 14.5 Å². The number of fused-ring (bicyclic) bond motifs is 1. The summed E-state index contributed by atoms with van der Waals surface area (Å²) in [7, 11) is 0. The molecule has 2 aliphatic rings. The number of amides is 1. The standard InChI is InChI=1S/C19H22N2O3/c22-18(15-5-2-1-3-6-15)20-12-19-13-21(9-16(19)11-23-14-19)10-17-7-4-8-24-17/h1-8,16H,9-14H2,(H,20,22)/t16-,19+/m0/s1. The van der Waals surface area contributed by atoms with E-state index in [-0.39, 0.29) is 11.3 Å². The van der Waals surface area contributed by atoms with Gasteiger partial charge in [-0.25, -0.2) is 0 Å². The Bertz CT molecular complexity index is 686. The average molecular weight is 326 g/mol. The molecule has 126 valence electrons. The van der Waals surface area contributed by atoms with E-state index >= 15 is 0 Å². The summed E-state index contributed by atoms with van der Waals surface area (Å²) in [5.74, 6) is 1.43. The number of ether oxygens (including phenoxy) is 1. The van der Waals surface area contributed by atoms with Crippen molar-refractivity contribution in [3.05, 3.63) is 60.1 Å². The number of benzene rings is 1. The Morgan fingerprint density at radius 1 is 1.25 bits per heavy atom. The number of furan rings is 1. The van der Waals surface area contributed by atoms with E-state index in [0.717, 1.165) is 32.0 Å². The molecule has 1 aromatic carbocycles. The number of nitrogens with zero attached hydrogens (tertiary/aromatic N) is 1. The van der Waals surface area contributed by atoms with Crippen LogP contribution in [-0.2, 0) is 11.3 Å². The van der Waals surface area contributed by atoms with Crippen LogP contribution in [0.2, 0.25) is 0 Å². The van der Waals surface area contributed by atoms with Crippen LogP contribution in [0.3, 0.4) is 0 Å². The van der Waals surface area contributed by atoms with Crippen LogP contribution in [0.1, 0.15) is 16.1 Å². The Hall–Kier alpha value is -2.11. The molecule has 24 heavy (non-hydrogen) atoms. The van der Waals surface area contributed by atoms with E-state index in [1.165, 1.54) is 0 Å². The topological polar surface area (TPSA) is 54.7 Å². The van der Waals surface area contributed by atoms with Crippen molar-refractivity contribution in [2.24, 2.45) is 11.3 Å². The minimum absolute atomic E-state index is 0.0109. The molecule has 0 unspecified atom stereocenters. The SMILES string of the molecule is O=C(NC[C@@]12COC[C@@H]1CN(Cc1ccco1)C2)c1ccccc1. The van der Waals surface area contributed by atoms with Gasteiger partial charge in [0, 0.05) is 36.5 Å². The summed E-state index contributed by atoms with van der Waals surface area (Å²) in [4.78, 5) is 14.7. The second kappa shape index (κ2) is 6.42. The number of nitrogens with one attached hydrogen (secondary N) is 1. The zero-order valence-corrected chi connectivity index (χ0v) is 13.6. The third kappa shape index (κ3) is 2.97. The number of hydrogen-bond donors (Lipinski definition) is 1. The van der Waals surface area contributed by atoms with Crippen molar-refractivity contribution in [2.45, 2.75) is 6.54 Å². The summed E-state index contributed by atoms with van der Waals surface area (Å²) < 4.78 is 11.2. The molecule has 5 heteroatoms. The summed E-state index contributed by atoms with van der Waals surface area (Å²) >= 11 is 0. The lowest BCUT2D eigenvalue weighted by Crippen LogP contribution is -2.43. The van der Waals surface area contributed by atoms with Crippen LogP contribution in [0, 0.1) is 11.3 Å². The highest BCUT2D eigenvalue weighted by Crippen LogP contribution is 2.41. The lowest BCUT2D eigenvalue weighted by Gasteiger charge is -2.27. The molecule has 2 aliphatic heterocycles. The van der Waals surface area contributed by atoms with Gasteiger partial charge in [-0.3, -0.25) is 9.69 Å². The van der Waals surface area contributed by atoms with Crippen LogP contribution in [0.25, 0.3) is 0 Å². The van der Waals surface area contributed by atoms with Gasteiger partial charge in [0.2, 0.25) is 0 Å². The number of carbonyl (C=O) groups excluding carboxylic acids is 1. The Labute approximate surface area is 141 Å². The fourth-order valence-electron chi connectivity index (χ4n) is 3.88. The average Bonchev–Trinajstić information content (AvgIpc) is 3.30. The van der Waals surface area contributed by atoms with E-state index in [9.17, 15) is 4.79 Å². The summed E-state index contributed by atoms with van der Waals surface area (Å²) in [5, 5.41) is 3.11. The molecule has 2 fully saturated rings. The van der Waals surface area contributed by atoms with Crippen LogP contribution < -0.4 is 5.32 Å². The van der Waals surface area contributed by atoms with Crippen LogP contribution in [0.4, 0.5) is 0 Å². The lowest BCUT2D eigenvalue weighted by atomic mass is 9.81. The molecular weight excluding hydrogens is 304 g/mol. The smallest absolute Gasteiger partial charge is 0.251 e. The first-order valence-electron chi connectivity index (χ1n) is 8.41. The molecule has 0 radical (unpaired) electrons. The van der Waals surface area contributed by atoms with Gasteiger partial charge in [0.05, 0.1) is 26.0 Å². The molecular formula is C19H22N2O3. The van der Waals surface area contributed by atoms with Crippen molar-refractivity contribution in [3.8, 4) is 0 Å². The monoisotopic (exact) mass is 326 g/mol. The normalized spacial score (nSPS) is 26.4. The summed E-state index contributed by atoms with van der Waals surface area (Å²) in [6, 6.07) is 13.3. The predicted octanol–water partition coefficient (Wildman–Crippen LogP) is 2.16. The molecule has 0 saturated carbocycles.